The number of ether oxygens (including phenoxy) is 2. The van der Waals surface area contributed by atoms with Crippen LogP contribution in [0.3, 0.4) is 0 Å². The van der Waals surface area contributed by atoms with Crippen molar-refractivity contribution in [3.8, 4) is 0 Å². The largest absolute Gasteiger partial charge is 0.459 e. The molecule has 0 aliphatic carbocycles. The fraction of sp³-hybridized carbons (Fsp3) is 0.545. The molecule has 0 aliphatic rings. The van der Waals surface area contributed by atoms with Crippen LogP contribution in [0, 0.1) is 5.41 Å². The second kappa shape index (κ2) is 9.18. The molecule has 0 aliphatic heterocycles. The lowest BCUT2D eigenvalue weighted by Gasteiger charge is -2.33. The van der Waals surface area contributed by atoms with E-state index < -0.39 is 18.0 Å². The molecular formula is C22H32O5. The number of rotatable bonds is 8. The maximum Gasteiger partial charge on any atom is 0.338 e. The monoisotopic (exact) mass is 376 g/mol. The molecule has 0 saturated heterocycles. The molecular weight excluding hydrogens is 344 g/mol. The Morgan fingerprint density at radius 2 is 1.56 bits per heavy atom. The van der Waals surface area contributed by atoms with Gasteiger partial charge in [-0.05, 0) is 41.9 Å². The van der Waals surface area contributed by atoms with Gasteiger partial charge >= 0.3 is 11.9 Å². The molecule has 0 fully saturated rings. The molecule has 1 unspecified atom stereocenters. The summed E-state index contributed by atoms with van der Waals surface area (Å²) in [7, 11) is 0. The van der Waals surface area contributed by atoms with Crippen molar-refractivity contribution in [3.05, 3.63) is 47.5 Å². The predicted octanol–water partition coefficient (Wildman–Crippen LogP) is 4.04. The normalized spacial score (nSPS) is 13.0. The van der Waals surface area contributed by atoms with E-state index in [2.05, 4.69) is 41.2 Å². The first-order valence-corrected chi connectivity index (χ1v) is 9.10. The number of hydrogen-bond donors (Lipinski definition) is 1. The number of aliphatic hydroxyl groups is 1. The van der Waals surface area contributed by atoms with Crippen LogP contribution in [0.5, 0.6) is 0 Å². The number of carbonyl (C=O) groups excluding carboxylic acids is 2. The zero-order chi connectivity index (χ0) is 20.8. The van der Waals surface area contributed by atoms with Gasteiger partial charge in [-0.2, -0.15) is 0 Å². The van der Waals surface area contributed by atoms with Crippen molar-refractivity contribution in [2.24, 2.45) is 5.41 Å². The van der Waals surface area contributed by atoms with Gasteiger partial charge in [-0.1, -0.05) is 53.3 Å². The van der Waals surface area contributed by atoms with Crippen LogP contribution in [0.2, 0.25) is 0 Å². The molecule has 1 atom stereocenters. The van der Waals surface area contributed by atoms with Gasteiger partial charge in [0.05, 0.1) is 5.56 Å². The van der Waals surface area contributed by atoms with Gasteiger partial charge in [-0.15, -0.1) is 0 Å². The van der Waals surface area contributed by atoms with Gasteiger partial charge in [0.1, 0.15) is 19.3 Å². The van der Waals surface area contributed by atoms with Gasteiger partial charge < -0.3 is 14.6 Å². The van der Waals surface area contributed by atoms with E-state index in [0.717, 1.165) is 12.0 Å². The lowest BCUT2D eigenvalue weighted by molar-refractivity contribution is -0.142. The van der Waals surface area contributed by atoms with Gasteiger partial charge in [0, 0.05) is 5.57 Å². The molecule has 0 amide bonds. The Morgan fingerprint density at radius 1 is 1.04 bits per heavy atom. The van der Waals surface area contributed by atoms with Crippen molar-refractivity contribution in [2.75, 3.05) is 13.2 Å². The van der Waals surface area contributed by atoms with E-state index in [1.807, 2.05) is 12.1 Å². The van der Waals surface area contributed by atoms with E-state index in [1.54, 1.807) is 12.1 Å². The van der Waals surface area contributed by atoms with Crippen molar-refractivity contribution >= 4 is 11.9 Å². The summed E-state index contributed by atoms with van der Waals surface area (Å²) in [4.78, 5) is 23.4. The summed E-state index contributed by atoms with van der Waals surface area (Å²) in [5.74, 6) is -1.12. The van der Waals surface area contributed by atoms with Crippen LogP contribution >= 0.6 is 0 Å². The van der Waals surface area contributed by atoms with E-state index in [1.165, 1.54) is 6.92 Å². The average Bonchev–Trinajstić information content (AvgIpc) is 2.55. The number of carbonyl (C=O) groups is 2. The van der Waals surface area contributed by atoms with Gasteiger partial charge in [-0.3, -0.25) is 0 Å². The fourth-order valence-corrected chi connectivity index (χ4v) is 3.08. The predicted molar refractivity (Wildman–Crippen MR) is 106 cm³/mol. The maximum atomic E-state index is 12.1. The molecule has 0 saturated carbocycles. The summed E-state index contributed by atoms with van der Waals surface area (Å²) in [6.45, 7) is 15.5. The first-order chi connectivity index (χ1) is 12.3. The smallest absolute Gasteiger partial charge is 0.338 e. The summed E-state index contributed by atoms with van der Waals surface area (Å²) in [6.07, 6.45) is -0.0685. The first-order valence-electron chi connectivity index (χ1n) is 9.10. The van der Waals surface area contributed by atoms with Gasteiger partial charge in [0.15, 0.2) is 0 Å². The van der Waals surface area contributed by atoms with Gasteiger partial charge in [0.2, 0.25) is 0 Å². The molecule has 1 aromatic carbocycles. The van der Waals surface area contributed by atoms with Crippen molar-refractivity contribution in [3.63, 3.8) is 0 Å². The third kappa shape index (κ3) is 7.95. The van der Waals surface area contributed by atoms with Crippen molar-refractivity contribution in [2.45, 2.75) is 59.5 Å². The second-order valence-corrected chi connectivity index (χ2v) is 8.83. The number of esters is 2. The van der Waals surface area contributed by atoms with Crippen LogP contribution < -0.4 is 0 Å². The lowest BCUT2D eigenvalue weighted by atomic mass is 9.72. The molecule has 1 rings (SSSR count). The molecule has 5 heteroatoms. The minimum Gasteiger partial charge on any atom is -0.459 e. The highest BCUT2D eigenvalue weighted by Gasteiger charge is 2.27. The molecule has 0 heterocycles. The third-order valence-corrected chi connectivity index (χ3v) is 4.04. The Balaban J connectivity index is 2.59. The molecule has 5 nitrogen and oxygen atoms in total. The Labute approximate surface area is 162 Å². The molecule has 0 spiro atoms. The van der Waals surface area contributed by atoms with Crippen molar-refractivity contribution < 1.29 is 24.2 Å². The summed E-state index contributed by atoms with van der Waals surface area (Å²) in [5, 5.41) is 9.75. The van der Waals surface area contributed by atoms with Crippen LogP contribution in [0.4, 0.5) is 0 Å². The summed E-state index contributed by atoms with van der Waals surface area (Å²) < 4.78 is 9.90. The Hall–Kier alpha value is -2.14. The van der Waals surface area contributed by atoms with Crippen LogP contribution in [-0.2, 0) is 19.7 Å². The van der Waals surface area contributed by atoms with E-state index in [0.29, 0.717) is 5.56 Å². The highest BCUT2D eigenvalue weighted by atomic mass is 16.6. The number of benzene rings is 1. The van der Waals surface area contributed by atoms with Crippen LogP contribution in [-0.4, -0.2) is 36.4 Å². The molecule has 1 aromatic rings. The molecule has 0 aromatic heterocycles. The maximum absolute atomic E-state index is 12.1. The fourth-order valence-electron chi connectivity index (χ4n) is 3.08. The average molecular weight is 376 g/mol. The first kappa shape index (κ1) is 22.9. The summed E-state index contributed by atoms with van der Waals surface area (Å²) >= 11 is 0. The third-order valence-electron chi connectivity index (χ3n) is 4.04. The van der Waals surface area contributed by atoms with Gasteiger partial charge in [-0.25, -0.2) is 9.59 Å². The van der Waals surface area contributed by atoms with E-state index in [4.69, 9.17) is 9.47 Å². The van der Waals surface area contributed by atoms with E-state index in [-0.39, 0.29) is 29.6 Å². The Bertz CT molecular complexity index is 665. The van der Waals surface area contributed by atoms with Crippen molar-refractivity contribution in [1.82, 2.24) is 0 Å². The van der Waals surface area contributed by atoms with Gasteiger partial charge in [0.25, 0.3) is 0 Å². The van der Waals surface area contributed by atoms with Crippen LogP contribution in [0.25, 0.3) is 0 Å². The molecule has 1 N–H and O–H groups in total. The SMILES string of the molecule is C=C(C)C(=O)OCC(O)COC(=O)c1ccc(C(C)(C)CC(C)(C)C)cc1. The minimum atomic E-state index is -1.08. The highest BCUT2D eigenvalue weighted by Crippen LogP contribution is 2.36. The lowest BCUT2D eigenvalue weighted by Crippen LogP contribution is -2.26. The van der Waals surface area contributed by atoms with Crippen molar-refractivity contribution in [1.29, 1.82) is 0 Å². The highest BCUT2D eigenvalue weighted by molar-refractivity contribution is 5.89. The Morgan fingerprint density at radius 3 is 2.04 bits per heavy atom. The molecule has 0 bridgehead atoms. The number of hydrogen-bond acceptors (Lipinski definition) is 5. The second-order valence-electron chi connectivity index (χ2n) is 8.83. The molecule has 27 heavy (non-hydrogen) atoms. The van der Waals surface area contributed by atoms with E-state index >= 15 is 0 Å². The molecule has 0 radical (unpaired) electrons. The number of aliphatic hydroxyl groups excluding tert-OH is 1. The van der Waals surface area contributed by atoms with E-state index in [9.17, 15) is 14.7 Å². The minimum absolute atomic E-state index is 0.00988. The standard InChI is InChI=1S/C22H32O5/c1-15(2)19(24)26-12-18(23)13-27-20(25)16-8-10-17(11-9-16)22(6,7)14-21(3,4)5/h8-11,18,23H,1,12-14H2,2-7H3. The molecule has 150 valence electrons. The van der Waals surface area contributed by atoms with Crippen LogP contribution in [0.1, 0.15) is 63.9 Å². The zero-order valence-corrected chi connectivity index (χ0v) is 17.3. The summed E-state index contributed by atoms with van der Waals surface area (Å²) in [5.41, 5.74) is 2.00. The topological polar surface area (TPSA) is 72.8 Å². The zero-order valence-electron chi connectivity index (χ0n) is 17.3. The Kier molecular flexibility index (Phi) is 7.78. The quantitative estimate of drug-likeness (QED) is 0.548. The van der Waals surface area contributed by atoms with Crippen LogP contribution in [0.15, 0.2) is 36.4 Å². The summed E-state index contributed by atoms with van der Waals surface area (Å²) in [6, 6.07) is 7.34.